The van der Waals surface area contributed by atoms with E-state index < -0.39 is 0 Å². The minimum Gasteiger partial charge on any atom is -0.444 e. The summed E-state index contributed by atoms with van der Waals surface area (Å²) in [6, 6.07) is 10.0. The van der Waals surface area contributed by atoms with Gasteiger partial charge in [-0.1, -0.05) is 29.2 Å². The number of hydrogen-bond donors (Lipinski definition) is 0. The number of nitrogens with zero attached hydrogens (tertiary/aromatic N) is 3. The average Bonchev–Trinajstić information content (AvgIpc) is 3.34. The van der Waals surface area contributed by atoms with Crippen LogP contribution in [0.3, 0.4) is 0 Å². The van der Waals surface area contributed by atoms with E-state index in [1.165, 1.54) is 23.5 Å². The van der Waals surface area contributed by atoms with Gasteiger partial charge in [0.1, 0.15) is 12.1 Å². The quantitative estimate of drug-likeness (QED) is 0.308. The lowest BCUT2D eigenvalue weighted by Gasteiger charge is -1.99. The van der Waals surface area contributed by atoms with Crippen LogP contribution < -0.4 is 0 Å². The first kappa shape index (κ1) is 16.6. The third kappa shape index (κ3) is 3.74. The Kier molecular flexibility index (Phi) is 4.80. The predicted molar refractivity (Wildman–Crippen MR) is 102 cm³/mol. The number of hydrogen-bond acceptors (Lipinski definition) is 7. The lowest BCUT2D eigenvalue weighted by Crippen LogP contribution is -1.96. The molecule has 0 spiro atoms. The summed E-state index contributed by atoms with van der Waals surface area (Å²) in [4.78, 5) is 5.50. The van der Waals surface area contributed by atoms with E-state index in [9.17, 15) is 4.39 Å². The van der Waals surface area contributed by atoms with E-state index in [0.717, 1.165) is 20.6 Å². The molecule has 0 aliphatic carbocycles. The molecule has 3 aromatic heterocycles. The van der Waals surface area contributed by atoms with Crippen LogP contribution in [0.2, 0.25) is 0 Å². The molecule has 126 valence electrons. The molecular formula is C16H10FN3OS4. The zero-order valence-corrected chi connectivity index (χ0v) is 15.9. The summed E-state index contributed by atoms with van der Waals surface area (Å²) in [5.41, 5.74) is 1.60. The highest BCUT2D eigenvalue weighted by Crippen LogP contribution is 2.29. The summed E-state index contributed by atoms with van der Waals surface area (Å²) in [5, 5.41) is 6.49. The number of aromatic nitrogens is 3. The Morgan fingerprint density at radius 2 is 2.08 bits per heavy atom. The van der Waals surface area contributed by atoms with Gasteiger partial charge < -0.3 is 4.42 Å². The largest absolute Gasteiger partial charge is 0.444 e. The maximum Gasteiger partial charge on any atom is 0.236 e. The molecule has 0 unspecified atom stereocenters. The Bertz CT molecular complexity index is 1030. The lowest BCUT2D eigenvalue weighted by molar-refractivity contribution is 0.575. The van der Waals surface area contributed by atoms with Crippen molar-refractivity contribution in [3.63, 3.8) is 0 Å². The van der Waals surface area contributed by atoms with E-state index in [0.29, 0.717) is 15.6 Å². The van der Waals surface area contributed by atoms with Crippen molar-refractivity contribution in [2.75, 3.05) is 0 Å². The monoisotopic (exact) mass is 407 g/mol. The van der Waals surface area contributed by atoms with Gasteiger partial charge in [0, 0.05) is 5.75 Å². The minimum absolute atomic E-state index is 0.285. The van der Waals surface area contributed by atoms with Crippen LogP contribution in [0.15, 0.2) is 56.8 Å². The highest BCUT2D eigenvalue weighted by molar-refractivity contribution is 8.00. The van der Waals surface area contributed by atoms with Crippen molar-refractivity contribution in [2.24, 2.45) is 0 Å². The van der Waals surface area contributed by atoms with E-state index in [-0.39, 0.29) is 5.82 Å². The number of thioether (sulfide) groups is 1. The Labute approximate surface area is 160 Å². The number of thiophene rings is 1. The molecule has 4 rings (SSSR count). The van der Waals surface area contributed by atoms with Gasteiger partial charge in [-0.2, -0.15) is 0 Å². The number of benzene rings is 1. The molecule has 4 nitrogen and oxygen atoms in total. The number of halogens is 1. The third-order valence-corrected chi connectivity index (χ3v) is 6.48. The van der Waals surface area contributed by atoms with E-state index in [4.69, 9.17) is 16.6 Å². The maximum atomic E-state index is 13.0. The molecule has 0 amide bonds. The van der Waals surface area contributed by atoms with Crippen molar-refractivity contribution in [3.05, 3.63) is 63.5 Å². The molecule has 0 bridgehead atoms. The van der Waals surface area contributed by atoms with Crippen molar-refractivity contribution in [2.45, 2.75) is 10.1 Å². The second kappa shape index (κ2) is 7.20. The van der Waals surface area contributed by atoms with Crippen molar-refractivity contribution in [1.29, 1.82) is 0 Å². The molecule has 9 heteroatoms. The molecule has 4 aromatic rings. The average molecular weight is 408 g/mol. The van der Waals surface area contributed by atoms with Crippen LogP contribution in [0.4, 0.5) is 4.39 Å². The summed E-state index contributed by atoms with van der Waals surface area (Å²) in [7, 11) is 0. The van der Waals surface area contributed by atoms with E-state index in [1.54, 1.807) is 46.2 Å². The molecule has 0 saturated heterocycles. The van der Waals surface area contributed by atoms with Crippen molar-refractivity contribution >= 4 is 46.7 Å². The van der Waals surface area contributed by atoms with Crippen LogP contribution >= 0.6 is 46.7 Å². The molecule has 25 heavy (non-hydrogen) atoms. The van der Waals surface area contributed by atoms with Gasteiger partial charge in [0.2, 0.25) is 5.89 Å². The van der Waals surface area contributed by atoms with Gasteiger partial charge >= 0.3 is 0 Å². The van der Waals surface area contributed by atoms with Crippen molar-refractivity contribution in [3.8, 4) is 16.5 Å². The molecule has 0 N–H and O–H groups in total. The molecular weight excluding hydrogens is 397 g/mol. The Hall–Kier alpha value is -1.81. The molecule has 0 radical (unpaired) electrons. The molecule has 0 fully saturated rings. The zero-order valence-electron chi connectivity index (χ0n) is 12.6. The summed E-state index contributed by atoms with van der Waals surface area (Å²) in [6.45, 7) is 0. The van der Waals surface area contributed by atoms with Crippen LogP contribution in [0.5, 0.6) is 0 Å². The van der Waals surface area contributed by atoms with Gasteiger partial charge in [-0.3, -0.25) is 0 Å². The zero-order chi connectivity index (χ0) is 17.2. The summed E-state index contributed by atoms with van der Waals surface area (Å²) in [5.74, 6) is 0.989. The van der Waals surface area contributed by atoms with Crippen LogP contribution in [0.1, 0.15) is 5.69 Å². The van der Waals surface area contributed by atoms with Gasteiger partial charge in [-0.25, -0.2) is 14.1 Å². The van der Waals surface area contributed by atoms with Crippen LogP contribution in [0.25, 0.3) is 16.5 Å². The summed E-state index contributed by atoms with van der Waals surface area (Å²) >= 11 is 9.91. The second-order valence-electron chi connectivity index (χ2n) is 4.93. The van der Waals surface area contributed by atoms with Gasteiger partial charge in [0.05, 0.1) is 16.3 Å². The first-order valence-electron chi connectivity index (χ1n) is 7.16. The fourth-order valence-corrected chi connectivity index (χ4v) is 4.98. The molecule has 0 aliphatic rings. The van der Waals surface area contributed by atoms with E-state index in [1.807, 2.05) is 17.5 Å². The molecule has 0 atom stereocenters. The highest BCUT2D eigenvalue weighted by Gasteiger charge is 2.11. The Morgan fingerprint density at radius 1 is 1.24 bits per heavy atom. The van der Waals surface area contributed by atoms with E-state index >= 15 is 0 Å². The third-order valence-electron chi connectivity index (χ3n) is 3.23. The molecule has 0 aliphatic heterocycles. The minimum atomic E-state index is -0.285. The number of oxazole rings is 1. The Morgan fingerprint density at radius 3 is 2.84 bits per heavy atom. The smallest absolute Gasteiger partial charge is 0.236 e. The molecule has 0 saturated carbocycles. The number of rotatable bonds is 5. The van der Waals surface area contributed by atoms with E-state index in [2.05, 4.69) is 10.1 Å². The Balaban J connectivity index is 1.48. The maximum absolute atomic E-state index is 13.0. The predicted octanol–water partition coefficient (Wildman–Crippen LogP) is 5.81. The van der Waals surface area contributed by atoms with Crippen molar-refractivity contribution in [1.82, 2.24) is 14.8 Å². The topological polar surface area (TPSA) is 43.9 Å². The molecule has 3 heterocycles. The lowest BCUT2D eigenvalue weighted by atomic mass is 10.3. The first-order chi connectivity index (χ1) is 12.2. The second-order valence-corrected chi connectivity index (χ2v) is 8.72. The highest BCUT2D eigenvalue weighted by atomic mass is 32.2. The summed E-state index contributed by atoms with van der Waals surface area (Å²) < 4.78 is 21.7. The standard InChI is InChI=1S/C16H10FN3OS4/c17-10-3-5-12(6-4-10)20-16(22)25-15(19-20)24-9-11-8-21-14(18-11)13-2-1-7-23-13/h1-8H,9H2. The van der Waals surface area contributed by atoms with Gasteiger partial charge in [0.15, 0.2) is 8.29 Å². The van der Waals surface area contributed by atoms with Crippen LogP contribution in [-0.4, -0.2) is 14.8 Å². The summed E-state index contributed by atoms with van der Waals surface area (Å²) in [6.07, 6.45) is 1.66. The first-order valence-corrected chi connectivity index (χ1v) is 10.3. The fourth-order valence-electron chi connectivity index (χ4n) is 2.09. The van der Waals surface area contributed by atoms with Crippen LogP contribution in [0, 0.1) is 9.77 Å². The SMILES string of the molecule is Fc1ccc(-n2nc(SCc3coc(-c4cccs4)n3)sc2=S)cc1. The normalized spacial score (nSPS) is 11.1. The van der Waals surface area contributed by atoms with Gasteiger partial charge in [0.25, 0.3) is 0 Å². The van der Waals surface area contributed by atoms with Gasteiger partial charge in [-0.05, 0) is 47.9 Å². The molecule has 1 aromatic carbocycles. The van der Waals surface area contributed by atoms with Crippen LogP contribution in [-0.2, 0) is 5.75 Å². The van der Waals surface area contributed by atoms with Gasteiger partial charge in [-0.15, -0.1) is 16.4 Å². The fraction of sp³-hybridized carbons (Fsp3) is 0.0625. The van der Waals surface area contributed by atoms with Crippen molar-refractivity contribution < 1.29 is 8.81 Å².